The molecule has 1 amide bonds. The Hall–Kier alpha value is -2.64. The molecule has 3 rings (SSSR count). The van der Waals surface area contributed by atoms with Crippen LogP contribution in [0.5, 0.6) is 0 Å². The summed E-state index contributed by atoms with van der Waals surface area (Å²) in [5.41, 5.74) is 2.97. The van der Waals surface area contributed by atoms with E-state index in [0.29, 0.717) is 10.2 Å². The monoisotopic (exact) mass is 387 g/mol. The normalized spacial score (nSPS) is 18.4. The quantitative estimate of drug-likeness (QED) is 0.607. The Balaban J connectivity index is 1.63. The van der Waals surface area contributed by atoms with E-state index in [4.69, 9.17) is 16.7 Å². The van der Waals surface area contributed by atoms with Gasteiger partial charge in [0.1, 0.15) is 5.25 Å². The van der Waals surface area contributed by atoms with Crippen molar-refractivity contribution >= 4 is 46.6 Å². The summed E-state index contributed by atoms with van der Waals surface area (Å²) in [5, 5.41) is 19.5. The molecule has 0 bridgehead atoms. The summed E-state index contributed by atoms with van der Waals surface area (Å²) in [6.45, 7) is 0. The summed E-state index contributed by atoms with van der Waals surface area (Å²) in [5.74, 6) is -1.39. The topological polar surface area (TPSA) is 91.1 Å². The van der Waals surface area contributed by atoms with Crippen LogP contribution in [0.15, 0.2) is 58.7 Å². The number of carbonyl (C=O) groups is 2. The number of hydrogen-bond donors (Lipinski definition) is 2. The van der Waals surface area contributed by atoms with E-state index >= 15 is 0 Å². The average molecular weight is 388 g/mol. The molecule has 1 aliphatic heterocycles. The molecule has 2 N–H and O–H groups in total. The smallest absolute Gasteiger partial charge is 0.305 e. The number of halogens is 1. The third-order valence-electron chi connectivity index (χ3n) is 3.58. The molecule has 2 aromatic rings. The summed E-state index contributed by atoms with van der Waals surface area (Å²) in [4.78, 5) is 22.3. The van der Waals surface area contributed by atoms with Gasteiger partial charge < -0.3 is 10.4 Å². The number of rotatable bonds is 5. The average Bonchev–Trinajstić information content (AvgIpc) is 2.95. The summed E-state index contributed by atoms with van der Waals surface area (Å²) >= 11 is 6.96. The molecular formula is C18H14ClN3O3S. The number of nitrogens with zero attached hydrogens (tertiary/aromatic N) is 2. The van der Waals surface area contributed by atoms with Crippen molar-refractivity contribution in [2.24, 2.45) is 10.2 Å². The number of carbonyl (C=O) groups excluding carboxylic acids is 1. The lowest BCUT2D eigenvalue weighted by atomic mass is 10.0. The molecule has 26 heavy (non-hydrogen) atoms. The van der Waals surface area contributed by atoms with Crippen LogP contribution >= 0.6 is 23.4 Å². The number of hydrogen-bond acceptors (Lipinski definition) is 5. The lowest BCUT2D eigenvalue weighted by Crippen LogP contribution is -2.26. The van der Waals surface area contributed by atoms with Crippen LogP contribution in [0.25, 0.3) is 11.1 Å². The Kier molecular flexibility index (Phi) is 5.70. The van der Waals surface area contributed by atoms with Crippen LogP contribution in [0.3, 0.4) is 0 Å². The minimum Gasteiger partial charge on any atom is -0.481 e. The van der Waals surface area contributed by atoms with E-state index in [9.17, 15) is 9.59 Å². The van der Waals surface area contributed by atoms with Gasteiger partial charge in [0.2, 0.25) is 5.91 Å². The lowest BCUT2D eigenvalue weighted by Gasteiger charge is -2.02. The number of aliphatic carboxylic acids is 1. The molecule has 0 saturated carbocycles. The molecule has 132 valence electrons. The number of amidine groups is 1. The van der Waals surface area contributed by atoms with Gasteiger partial charge in [0.05, 0.1) is 12.6 Å². The van der Waals surface area contributed by atoms with Crippen molar-refractivity contribution in [1.29, 1.82) is 0 Å². The molecule has 0 aromatic heterocycles. The number of benzene rings is 2. The van der Waals surface area contributed by atoms with Crippen LogP contribution in [-0.4, -0.2) is 33.6 Å². The van der Waals surface area contributed by atoms with Gasteiger partial charge in [-0.3, -0.25) is 9.59 Å². The molecule has 1 unspecified atom stereocenters. The Bertz CT molecular complexity index is 880. The van der Waals surface area contributed by atoms with E-state index in [0.717, 1.165) is 28.5 Å². The van der Waals surface area contributed by atoms with Crippen molar-refractivity contribution in [2.45, 2.75) is 11.7 Å². The maximum atomic E-state index is 11.6. The lowest BCUT2D eigenvalue weighted by molar-refractivity contribution is -0.138. The second-order valence-corrected chi connectivity index (χ2v) is 7.10. The zero-order valence-electron chi connectivity index (χ0n) is 13.4. The van der Waals surface area contributed by atoms with Crippen molar-refractivity contribution in [3.05, 3.63) is 59.1 Å². The molecule has 1 fully saturated rings. The van der Waals surface area contributed by atoms with E-state index < -0.39 is 11.2 Å². The Morgan fingerprint density at radius 1 is 1.15 bits per heavy atom. The summed E-state index contributed by atoms with van der Waals surface area (Å²) in [7, 11) is 0. The van der Waals surface area contributed by atoms with Gasteiger partial charge in [0.25, 0.3) is 0 Å². The van der Waals surface area contributed by atoms with Crippen molar-refractivity contribution in [1.82, 2.24) is 5.32 Å². The minimum absolute atomic E-state index is 0.245. The number of nitrogens with one attached hydrogen (secondary N) is 1. The molecule has 1 heterocycles. The maximum Gasteiger partial charge on any atom is 0.305 e. The predicted molar refractivity (Wildman–Crippen MR) is 104 cm³/mol. The summed E-state index contributed by atoms with van der Waals surface area (Å²) in [6.07, 6.45) is 1.32. The molecule has 6 nitrogen and oxygen atoms in total. The standard InChI is InChI=1S/C18H14ClN3O3S/c19-14-7-5-13(6-8-14)12-3-1-11(2-4-12)10-20-22-18-21-17(25)15(26-18)9-16(23)24/h1-8,10,15H,9H2,(H,23,24)(H,21,22,25). The largest absolute Gasteiger partial charge is 0.481 e. The van der Waals surface area contributed by atoms with Crippen LogP contribution in [-0.2, 0) is 9.59 Å². The second kappa shape index (κ2) is 8.16. The molecule has 0 spiro atoms. The van der Waals surface area contributed by atoms with Crippen LogP contribution in [0.4, 0.5) is 0 Å². The predicted octanol–water partition coefficient (Wildman–Crippen LogP) is 3.40. The fourth-order valence-electron chi connectivity index (χ4n) is 2.30. The maximum absolute atomic E-state index is 11.6. The van der Waals surface area contributed by atoms with Crippen LogP contribution in [0.2, 0.25) is 5.02 Å². The van der Waals surface area contributed by atoms with Crippen LogP contribution in [0, 0.1) is 0 Å². The SMILES string of the molecule is O=C(O)CC1SC(=NN=Cc2ccc(-c3ccc(Cl)cc3)cc2)NC1=O. The minimum atomic E-state index is -1.02. The first-order valence-corrected chi connectivity index (χ1v) is 8.93. The molecular weight excluding hydrogens is 374 g/mol. The number of amides is 1. The Morgan fingerprint density at radius 2 is 1.77 bits per heavy atom. The van der Waals surface area contributed by atoms with E-state index in [1.54, 1.807) is 6.21 Å². The van der Waals surface area contributed by atoms with Gasteiger partial charge in [-0.05, 0) is 28.8 Å². The van der Waals surface area contributed by atoms with Gasteiger partial charge in [0, 0.05) is 5.02 Å². The Morgan fingerprint density at radius 3 is 2.38 bits per heavy atom. The highest BCUT2D eigenvalue weighted by atomic mass is 35.5. The fraction of sp³-hybridized carbons (Fsp3) is 0.111. The van der Waals surface area contributed by atoms with E-state index in [1.807, 2.05) is 48.5 Å². The van der Waals surface area contributed by atoms with Gasteiger partial charge in [-0.2, -0.15) is 5.10 Å². The van der Waals surface area contributed by atoms with Crippen molar-refractivity contribution < 1.29 is 14.7 Å². The number of carboxylic acid groups (broad SMARTS) is 1. The van der Waals surface area contributed by atoms with Crippen molar-refractivity contribution in [3.8, 4) is 11.1 Å². The first-order chi connectivity index (χ1) is 12.5. The van der Waals surface area contributed by atoms with E-state index in [-0.39, 0.29) is 12.3 Å². The highest BCUT2D eigenvalue weighted by Crippen LogP contribution is 2.23. The number of thioether (sulfide) groups is 1. The molecule has 1 aliphatic rings. The molecule has 1 atom stereocenters. The van der Waals surface area contributed by atoms with Gasteiger partial charge in [0.15, 0.2) is 5.17 Å². The zero-order chi connectivity index (χ0) is 18.5. The molecule has 1 saturated heterocycles. The Labute approximate surface area is 159 Å². The van der Waals surface area contributed by atoms with Crippen molar-refractivity contribution in [2.75, 3.05) is 0 Å². The van der Waals surface area contributed by atoms with Crippen molar-refractivity contribution in [3.63, 3.8) is 0 Å². The van der Waals surface area contributed by atoms with Gasteiger partial charge >= 0.3 is 5.97 Å². The highest BCUT2D eigenvalue weighted by molar-refractivity contribution is 8.15. The van der Waals surface area contributed by atoms with E-state index in [1.165, 1.54) is 0 Å². The first kappa shape index (κ1) is 18.2. The fourth-order valence-corrected chi connectivity index (χ4v) is 3.34. The third-order valence-corrected chi connectivity index (χ3v) is 4.90. The second-order valence-electron chi connectivity index (χ2n) is 5.47. The summed E-state index contributed by atoms with van der Waals surface area (Å²) < 4.78 is 0. The van der Waals surface area contributed by atoms with E-state index in [2.05, 4.69) is 15.5 Å². The third kappa shape index (κ3) is 4.71. The molecule has 0 aliphatic carbocycles. The van der Waals surface area contributed by atoms with Gasteiger partial charge in [-0.25, -0.2) is 0 Å². The number of carboxylic acids is 1. The molecule has 0 radical (unpaired) electrons. The summed E-state index contributed by atoms with van der Waals surface area (Å²) in [6, 6.07) is 15.3. The van der Waals surface area contributed by atoms with Gasteiger partial charge in [-0.15, -0.1) is 5.10 Å². The first-order valence-electron chi connectivity index (χ1n) is 7.67. The molecule has 8 heteroatoms. The van der Waals surface area contributed by atoms with Gasteiger partial charge in [-0.1, -0.05) is 59.8 Å². The van der Waals surface area contributed by atoms with Crippen LogP contribution in [0.1, 0.15) is 12.0 Å². The molecule has 2 aromatic carbocycles. The van der Waals surface area contributed by atoms with Crippen LogP contribution < -0.4 is 5.32 Å². The zero-order valence-corrected chi connectivity index (χ0v) is 15.0. The highest BCUT2D eigenvalue weighted by Gasteiger charge is 2.32.